The van der Waals surface area contributed by atoms with E-state index in [1.165, 1.54) is 11.0 Å². The van der Waals surface area contributed by atoms with Crippen molar-refractivity contribution in [3.63, 3.8) is 0 Å². The number of aromatic hydroxyl groups is 1. The van der Waals surface area contributed by atoms with Crippen molar-refractivity contribution in [1.29, 1.82) is 0 Å². The Balaban J connectivity index is 1.20. The van der Waals surface area contributed by atoms with Crippen LogP contribution in [0, 0.1) is 24.7 Å². The molecular weight excluding hydrogens is 592 g/mol. The van der Waals surface area contributed by atoms with Gasteiger partial charge in [0.2, 0.25) is 11.8 Å². The molecule has 4 unspecified atom stereocenters. The summed E-state index contributed by atoms with van der Waals surface area (Å²) < 4.78 is 0. The number of benzene rings is 3. The van der Waals surface area contributed by atoms with E-state index in [1.54, 1.807) is 50.2 Å². The second-order valence-electron chi connectivity index (χ2n) is 12.9. The fourth-order valence-electron chi connectivity index (χ4n) is 7.49. The molecule has 1 aliphatic heterocycles. The second kappa shape index (κ2) is 11.4. The van der Waals surface area contributed by atoms with E-state index in [4.69, 9.17) is 0 Å². The molecule has 1 saturated heterocycles. The average molecular weight is 627 g/mol. The normalized spacial score (nSPS) is 23.9. The average Bonchev–Trinajstić information content (AvgIpc) is 3.32. The van der Waals surface area contributed by atoms with Gasteiger partial charge in [-0.1, -0.05) is 29.8 Å². The Hall–Kier alpha value is -5.44. The van der Waals surface area contributed by atoms with Gasteiger partial charge in [0, 0.05) is 48.0 Å². The Morgan fingerprint density at radius 2 is 1.49 bits per heavy atom. The molecule has 0 bridgehead atoms. The molecular formula is C38H34N4O5. The number of nitrogens with zero attached hydrogens (tertiary/aromatic N) is 4. The van der Waals surface area contributed by atoms with Gasteiger partial charge in [0.15, 0.2) is 11.6 Å². The lowest BCUT2D eigenvalue weighted by atomic mass is 9.59. The number of ketones is 2. The van der Waals surface area contributed by atoms with Crippen LogP contribution in [0.1, 0.15) is 36.8 Å². The minimum atomic E-state index is -0.703. The summed E-state index contributed by atoms with van der Waals surface area (Å²) in [7, 11) is 3.93. The Morgan fingerprint density at radius 1 is 0.830 bits per heavy atom. The van der Waals surface area contributed by atoms with Gasteiger partial charge >= 0.3 is 0 Å². The van der Waals surface area contributed by atoms with Crippen LogP contribution in [-0.4, -0.2) is 42.6 Å². The van der Waals surface area contributed by atoms with Gasteiger partial charge in [-0.3, -0.25) is 24.1 Å². The quantitative estimate of drug-likeness (QED) is 0.144. The molecule has 0 saturated carbocycles. The summed E-state index contributed by atoms with van der Waals surface area (Å²) in [6, 6.07) is 19.8. The number of aryl methyl sites for hydroxylation is 1. The monoisotopic (exact) mass is 626 g/mol. The van der Waals surface area contributed by atoms with Crippen molar-refractivity contribution in [2.24, 2.45) is 28.0 Å². The minimum Gasteiger partial charge on any atom is -0.507 e. The molecule has 3 aliphatic carbocycles. The largest absolute Gasteiger partial charge is 0.507 e. The number of carbonyl (C=O) groups excluding carboxylic acids is 4. The fraction of sp³-hybridized carbons (Fsp3) is 0.263. The zero-order chi connectivity index (χ0) is 33.1. The maximum atomic E-state index is 14.2. The van der Waals surface area contributed by atoms with E-state index in [0.29, 0.717) is 51.3 Å². The molecule has 3 aromatic carbocycles. The Bertz CT molecular complexity index is 1980. The summed E-state index contributed by atoms with van der Waals surface area (Å²) in [6.07, 6.45) is 3.81. The summed E-state index contributed by atoms with van der Waals surface area (Å²) in [5, 5.41) is 19.8. The number of hydrogen-bond acceptors (Lipinski definition) is 8. The van der Waals surface area contributed by atoms with Crippen molar-refractivity contribution in [2.75, 3.05) is 23.9 Å². The van der Waals surface area contributed by atoms with Gasteiger partial charge in [-0.05, 0) is 92.8 Å². The summed E-state index contributed by atoms with van der Waals surface area (Å²) in [5.74, 6) is -3.52. The van der Waals surface area contributed by atoms with Gasteiger partial charge in [0.25, 0.3) is 0 Å². The molecule has 1 fully saturated rings. The highest BCUT2D eigenvalue weighted by Crippen LogP contribution is 2.56. The first-order chi connectivity index (χ1) is 22.5. The number of allylic oxidation sites excluding steroid dienone is 6. The standard InChI is InChI=1S/C38H34N4O5/c1-20-6-5-7-27(35(20)44)32-26-16-17-28-33(29(26)19-30-31(43)18-21(2)36(45)34(30)32)38(47)42(37(28)46)25-14-10-23(11-15-25)40-39-22-8-12-24(13-9-22)41(3)4/h5-16,18,28-29,32-33,44H,17,19H2,1-4H3. The maximum absolute atomic E-state index is 14.2. The topological polar surface area (TPSA) is 120 Å². The highest BCUT2D eigenvalue weighted by molar-refractivity contribution is 6.25. The first-order valence-electron chi connectivity index (χ1n) is 15.7. The van der Waals surface area contributed by atoms with Crippen LogP contribution in [-0.2, 0) is 19.2 Å². The van der Waals surface area contributed by atoms with Gasteiger partial charge in [-0.2, -0.15) is 10.2 Å². The first-order valence-corrected chi connectivity index (χ1v) is 15.7. The lowest BCUT2D eigenvalue weighted by Gasteiger charge is -2.42. The Kier molecular flexibility index (Phi) is 7.34. The predicted molar refractivity (Wildman–Crippen MR) is 178 cm³/mol. The van der Waals surface area contributed by atoms with Gasteiger partial charge < -0.3 is 10.0 Å². The van der Waals surface area contributed by atoms with Gasteiger partial charge in [-0.25, -0.2) is 0 Å². The minimum absolute atomic E-state index is 0.0544. The molecule has 9 heteroatoms. The van der Waals surface area contributed by atoms with Gasteiger partial charge in [0.05, 0.1) is 28.9 Å². The zero-order valence-electron chi connectivity index (χ0n) is 26.6. The summed E-state index contributed by atoms with van der Waals surface area (Å²) in [4.78, 5) is 58.3. The van der Waals surface area contributed by atoms with E-state index in [0.717, 1.165) is 11.3 Å². The van der Waals surface area contributed by atoms with Gasteiger partial charge in [-0.15, -0.1) is 0 Å². The van der Waals surface area contributed by atoms with Crippen molar-refractivity contribution < 1.29 is 24.3 Å². The van der Waals surface area contributed by atoms with Crippen molar-refractivity contribution >= 4 is 46.1 Å². The molecule has 9 nitrogen and oxygen atoms in total. The van der Waals surface area contributed by atoms with Crippen molar-refractivity contribution in [1.82, 2.24) is 0 Å². The molecule has 4 aliphatic rings. The molecule has 3 aromatic rings. The smallest absolute Gasteiger partial charge is 0.238 e. The number of carbonyl (C=O) groups is 4. The third-order valence-corrected chi connectivity index (χ3v) is 9.90. The highest BCUT2D eigenvalue weighted by Gasteiger charge is 2.56. The number of phenols is 1. The fourth-order valence-corrected chi connectivity index (χ4v) is 7.49. The Labute approximate surface area is 272 Å². The number of azo groups is 1. The predicted octanol–water partition coefficient (Wildman–Crippen LogP) is 6.82. The third kappa shape index (κ3) is 4.93. The molecule has 0 aromatic heterocycles. The van der Waals surface area contributed by atoms with Crippen LogP contribution in [0.3, 0.4) is 0 Å². The number of para-hydroxylation sites is 1. The molecule has 2 amide bonds. The first kappa shape index (κ1) is 30.2. The molecule has 0 spiro atoms. The van der Waals surface area contributed by atoms with Crippen LogP contribution in [0.5, 0.6) is 5.75 Å². The van der Waals surface area contributed by atoms with E-state index in [-0.39, 0.29) is 35.6 Å². The van der Waals surface area contributed by atoms with Crippen LogP contribution in [0.15, 0.2) is 111 Å². The summed E-state index contributed by atoms with van der Waals surface area (Å²) in [5.41, 5.74) is 5.81. The van der Waals surface area contributed by atoms with E-state index in [9.17, 15) is 24.3 Å². The lowest BCUT2D eigenvalue weighted by molar-refractivity contribution is -0.123. The zero-order valence-corrected chi connectivity index (χ0v) is 26.6. The number of Topliss-reactive ketones (excluding diaryl/α,β-unsaturated/α-hetero) is 1. The molecule has 1 N–H and O–H groups in total. The van der Waals surface area contributed by atoms with E-state index in [1.807, 2.05) is 55.4 Å². The van der Waals surface area contributed by atoms with Crippen molar-refractivity contribution in [2.45, 2.75) is 32.6 Å². The number of hydrogen-bond donors (Lipinski definition) is 1. The van der Waals surface area contributed by atoms with Crippen LogP contribution < -0.4 is 9.80 Å². The van der Waals surface area contributed by atoms with Crippen LogP contribution in [0.25, 0.3) is 0 Å². The van der Waals surface area contributed by atoms with Crippen molar-refractivity contribution in [3.8, 4) is 5.75 Å². The van der Waals surface area contributed by atoms with E-state index < -0.39 is 23.7 Å². The Morgan fingerprint density at radius 3 is 2.15 bits per heavy atom. The summed E-state index contributed by atoms with van der Waals surface area (Å²) >= 11 is 0. The number of rotatable bonds is 5. The number of fused-ring (bicyclic) bond motifs is 3. The summed E-state index contributed by atoms with van der Waals surface area (Å²) in [6.45, 7) is 3.41. The SMILES string of the molecule is CC1=CC(=O)C2=C(C1=O)C(c1cccc(C)c1O)C1=CCC3C(=O)N(c4ccc(N=Nc5ccc(N(C)C)cc5)cc4)C(=O)C3C1C2. The molecule has 47 heavy (non-hydrogen) atoms. The molecule has 7 rings (SSSR count). The molecule has 236 valence electrons. The van der Waals surface area contributed by atoms with Crippen LogP contribution in [0.4, 0.5) is 22.7 Å². The van der Waals surface area contributed by atoms with E-state index >= 15 is 0 Å². The number of anilines is 2. The van der Waals surface area contributed by atoms with Gasteiger partial charge in [0.1, 0.15) is 5.75 Å². The van der Waals surface area contributed by atoms with Crippen molar-refractivity contribution in [3.05, 3.63) is 112 Å². The van der Waals surface area contributed by atoms with Crippen LogP contribution in [0.2, 0.25) is 0 Å². The number of imide groups is 1. The highest BCUT2D eigenvalue weighted by atomic mass is 16.3. The van der Waals surface area contributed by atoms with Crippen LogP contribution >= 0.6 is 0 Å². The molecule has 4 atom stereocenters. The molecule has 1 heterocycles. The molecule has 0 radical (unpaired) electrons. The lowest BCUT2D eigenvalue weighted by Crippen LogP contribution is -2.39. The van der Waals surface area contributed by atoms with E-state index in [2.05, 4.69) is 10.2 Å². The number of phenolic OH excluding ortho intramolecular Hbond substituents is 1. The number of amides is 2. The maximum Gasteiger partial charge on any atom is 0.238 e. The third-order valence-electron chi connectivity index (χ3n) is 9.90. The second-order valence-corrected chi connectivity index (χ2v) is 12.9.